The van der Waals surface area contributed by atoms with E-state index in [1.54, 1.807) is 40.4 Å². The van der Waals surface area contributed by atoms with Gasteiger partial charge in [-0.15, -0.1) is 4.90 Å². The van der Waals surface area contributed by atoms with Gasteiger partial charge in [-0.25, -0.2) is 24.0 Å². The standard InChI is InChI=1S/C24H21N7O3/c1-17-3-7-19(8-4-17)27-11-13-29(15-27)21-25-22(31(24(33)34)23(32)26-21)30-14-12-28(16-30)20-9-5-18(2)6-10-20/h3-16,22H,1-2H3/p+2. The van der Waals surface area contributed by atoms with Gasteiger partial charge in [0.25, 0.3) is 6.33 Å². The number of carbonyl (C=O) groups is 2. The summed E-state index contributed by atoms with van der Waals surface area (Å²) in [4.78, 5) is 29.8. The van der Waals surface area contributed by atoms with Crippen LogP contribution in [0.15, 0.2) is 91.0 Å². The Hall–Kier alpha value is -4.73. The molecule has 3 heterocycles. The number of aryl methyl sites for hydroxylation is 2. The topological polar surface area (TPSA) is 99.6 Å². The molecule has 34 heavy (non-hydrogen) atoms. The number of hydrogen-bond acceptors (Lipinski definition) is 3. The van der Waals surface area contributed by atoms with E-state index in [4.69, 9.17) is 0 Å². The van der Waals surface area contributed by atoms with E-state index in [0.717, 1.165) is 22.5 Å². The summed E-state index contributed by atoms with van der Waals surface area (Å²) in [5, 5.41) is 12.3. The molecule has 10 nitrogen and oxygen atoms in total. The average molecular weight is 457 g/mol. The molecule has 0 spiro atoms. The fraction of sp³-hybridized carbons (Fsp3) is 0.125. The summed E-state index contributed by atoms with van der Waals surface area (Å²) in [6.45, 7) is 4.02. The van der Waals surface area contributed by atoms with Crippen molar-refractivity contribution >= 4 is 18.1 Å². The van der Waals surface area contributed by atoms with E-state index >= 15 is 0 Å². The Balaban J connectivity index is 1.50. The third-order valence-corrected chi connectivity index (χ3v) is 5.58. The predicted molar refractivity (Wildman–Crippen MR) is 122 cm³/mol. The van der Waals surface area contributed by atoms with Gasteiger partial charge in [0.2, 0.25) is 0 Å². The van der Waals surface area contributed by atoms with Gasteiger partial charge in [-0.3, -0.25) is 4.57 Å². The third kappa shape index (κ3) is 3.92. The van der Waals surface area contributed by atoms with Crippen LogP contribution in [0, 0.1) is 13.8 Å². The second kappa shape index (κ2) is 8.32. The van der Waals surface area contributed by atoms with Gasteiger partial charge in [-0.05, 0) is 38.1 Å². The van der Waals surface area contributed by atoms with Crippen molar-refractivity contribution in [2.75, 3.05) is 0 Å². The zero-order valence-electron chi connectivity index (χ0n) is 18.6. The minimum atomic E-state index is -1.40. The van der Waals surface area contributed by atoms with Crippen LogP contribution in [-0.2, 0) is 0 Å². The van der Waals surface area contributed by atoms with Crippen molar-refractivity contribution in [3.05, 3.63) is 97.1 Å². The van der Waals surface area contributed by atoms with Crippen LogP contribution in [0.3, 0.4) is 0 Å². The lowest BCUT2D eigenvalue weighted by Gasteiger charge is -2.22. The van der Waals surface area contributed by atoms with Crippen molar-refractivity contribution in [3.8, 4) is 11.4 Å². The summed E-state index contributed by atoms with van der Waals surface area (Å²) < 4.78 is 6.93. The maximum Gasteiger partial charge on any atom is 0.422 e. The fourth-order valence-electron chi connectivity index (χ4n) is 3.70. The Morgan fingerprint density at radius 3 is 2.06 bits per heavy atom. The molecular formula is C24H23N7O3+2. The summed E-state index contributed by atoms with van der Waals surface area (Å²) in [5.41, 5.74) is 4.13. The van der Waals surface area contributed by atoms with Gasteiger partial charge >= 0.3 is 24.4 Å². The van der Waals surface area contributed by atoms with Crippen molar-refractivity contribution in [3.63, 3.8) is 0 Å². The SMILES string of the molecule is Cc1ccc(-n2cc[n+](C3=NC([n+]4ccn(-c5ccc(C)cc5)c4)N(C(=O)O)C(=O)N3)c2)cc1. The molecule has 170 valence electrons. The highest BCUT2D eigenvalue weighted by atomic mass is 16.4. The van der Waals surface area contributed by atoms with Gasteiger partial charge < -0.3 is 5.11 Å². The first-order chi connectivity index (χ1) is 16.4. The Morgan fingerprint density at radius 2 is 1.47 bits per heavy atom. The molecule has 0 aliphatic carbocycles. The Labute approximate surface area is 195 Å². The first-order valence-electron chi connectivity index (χ1n) is 10.6. The molecule has 0 fully saturated rings. The zero-order chi connectivity index (χ0) is 23.8. The molecule has 1 atom stereocenters. The number of benzene rings is 2. The van der Waals surface area contributed by atoms with E-state index in [1.807, 2.05) is 77.7 Å². The number of nitrogens with one attached hydrogen (secondary N) is 1. The number of hydrogen-bond donors (Lipinski definition) is 2. The number of aliphatic imine (C=N–C) groups is 1. The van der Waals surface area contributed by atoms with E-state index in [1.165, 1.54) is 0 Å². The number of aromatic nitrogens is 4. The number of amides is 3. The maximum absolute atomic E-state index is 12.7. The van der Waals surface area contributed by atoms with Crippen molar-refractivity contribution in [2.24, 2.45) is 4.99 Å². The molecule has 0 radical (unpaired) electrons. The van der Waals surface area contributed by atoms with Crippen LogP contribution in [-0.4, -0.2) is 37.2 Å². The highest BCUT2D eigenvalue weighted by molar-refractivity contribution is 6.00. The summed E-state index contributed by atoms with van der Waals surface area (Å²) in [6, 6.07) is 15.1. The smallest absolute Gasteiger partial charge is 0.422 e. The van der Waals surface area contributed by atoms with Crippen LogP contribution in [0.25, 0.3) is 11.4 Å². The van der Waals surface area contributed by atoms with Crippen LogP contribution < -0.4 is 14.5 Å². The molecule has 1 unspecified atom stereocenters. The lowest BCUT2D eigenvalue weighted by atomic mass is 10.2. The quantitative estimate of drug-likeness (QED) is 0.463. The van der Waals surface area contributed by atoms with Crippen molar-refractivity contribution in [1.29, 1.82) is 0 Å². The lowest BCUT2D eigenvalue weighted by Crippen LogP contribution is -2.65. The van der Waals surface area contributed by atoms with E-state index in [0.29, 0.717) is 4.90 Å². The second-order valence-corrected chi connectivity index (χ2v) is 8.05. The molecule has 1 aliphatic rings. The Morgan fingerprint density at radius 1 is 0.912 bits per heavy atom. The normalized spacial score (nSPS) is 15.7. The first kappa shape index (κ1) is 21.1. The molecule has 0 bridgehead atoms. The van der Waals surface area contributed by atoms with Crippen LogP contribution >= 0.6 is 0 Å². The van der Waals surface area contributed by atoms with Crippen molar-refractivity contribution < 1.29 is 23.8 Å². The van der Waals surface area contributed by atoms with Gasteiger partial charge in [0, 0.05) is 0 Å². The first-order valence-corrected chi connectivity index (χ1v) is 10.6. The van der Waals surface area contributed by atoms with Crippen molar-refractivity contribution in [1.82, 2.24) is 19.4 Å². The van der Waals surface area contributed by atoms with Crippen LogP contribution in [0.2, 0.25) is 0 Å². The number of carboxylic acid groups (broad SMARTS) is 1. The highest BCUT2D eigenvalue weighted by Crippen LogP contribution is 2.15. The number of rotatable bonds is 3. The number of carbonyl (C=O) groups excluding carboxylic acids is 1. The zero-order valence-corrected chi connectivity index (χ0v) is 18.6. The summed E-state index contributed by atoms with van der Waals surface area (Å²) in [6.07, 6.45) is 8.00. The molecule has 10 heteroatoms. The maximum atomic E-state index is 12.7. The molecule has 2 aromatic heterocycles. The highest BCUT2D eigenvalue weighted by Gasteiger charge is 2.43. The lowest BCUT2D eigenvalue weighted by molar-refractivity contribution is -0.737. The minimum Gasteiger partial charge on any atom is -0.464 e. The third-order valence-electron chi connectivity index (χ3n) is 5.58. The van der Waals surface area contributed by atoms with Gasteiger partial charge in [0.1, 0.15) is 18.1 Å². The van der Waals surface area contributed by atoms with Crippen LogP contribution in [0.4, 0.5) is 9.59 Å². The largest absolute Gasteiger partial charge is 0.464 e. The molecule has 3 amide bonds. The van der Waals surface area contributed by atoms with Gasteiger partial charge in [0.15, 0.2) is 6.33 Å². The van der Waals surface area contributed by atoms with E-state index in [9.17, 15) is 14.7 Å². The molecule has 0 saturated carbocycles. The molecule has 4 aromatic rings. The predicted octanol–water partition coefficient (Wildman–Crippen LogP) is 2.52. The van der Waals surface area contributed by atoms with Gasteiger partial charge in [-0.1, -0.05) is 40.4 Å². The van der Waals surface area contributed by atoms with Crippen molar-refractivity contribution in [2.45, 2.75) is 20.1 Å². The minimum absolute atomic E-state index is 0.217. The molecular weight excluding hydrogens is 434 g/mol. The molecule has 0 saturated heterocycles. The molecule has 1 aliphatic heterocycles. The summed E-state index contributed by atoms with van der Waals surface area (Å²) >= 11 is 0. The molecule has 2 aromatic carbocycles. The number of imidazole rings is 2. The van der Waals surface area contributed by atoms with Gasteiger partial charge in [0.05, 0.1) is 18.1 Å². The average Bonchev–Trinajstić information content (AvgIpc) is 3.50. The number of imide groups is 1. The van der Waals surface area contributed by atoms with E-state index in [2.05, 4.69) is 10.3 Å². The number of urea groups is 1. The molecule has 5 rings (SSSR count). The Bertz CT molecular complexity index is 1400. The van der Waals surface area contributed by atoms with Crippen LogP contribution in [0.1, 0.15) is 17.4 Å². The van der Waals surface area contributed by atoms with E-state index < -0.39 is 18.4 Å². The monoisotopic (exact) mass is 457 g/mol. The summed E-state index contributed by atoms with van der Waals surface area (Å²) in [7, 11) is 0. The van der Waals surface area contributed by atoms with E-state index in [-0.39, 0.29) is 5.96 Å². The fourth-order valence-corrected chi connectivity index (χ4v) is 3.70. The second-order valence-electron chi connectivity index (χ2n) is 8.05. The number of nitrogens with zero attached hydrogens (tertiary/aromatic N) is 6. The van der Waals surface area contributed by atoms with Crippen LogP contribution in [0.5, 0.6) is 0 Å². The Kier molecular flexibility index (Phi) is 5.17. The molecule has 2 N–H and O–H groups in total. The van der Waals surface area contributed by atoms with Gasteiger partial charge in [-0.2, -0.15) is 4.57 Å². The summed E-state index contributed by atoms with van der Waals surface area (Å²) in [5.74, 6) is 0.217.